The van der Waals surface area contributed by atoms with Crippen LogP contribution in [0.5, 0.6) is 5.75 Å². The molecule has 0 radical (unpaired) electrons. The summed E-state index contributed by atoms with van der Waals surface area (Å²) in [6.45, 7) is 1.90. The molecule has 29 heavy (non-hydrogen) atoms. The minimum absolute atomic E-state index is 0.0301. The van der Waals surface area contributed by atoms with Gasteiger partial charge in [0, 0.05) is 6.04 Å². The van der Waals surface area contributed by atoms with Crippen molar-refractivity contribution < 1.29 is 26.0 Å². The molecule has 2 aromatic rings. The number of halogens is 1. The molecule has 1 fully saturated rings. The van der Waals surface area contributed by atoms with Crippen molar-refractivity contribution in [1.29, 1.82) is 0 Å². The summed E-state index contributed by atoms with van der Waals surface area (Å²) in [5, 5.41) is 1.99. The molecule has 2 aromatic carbocycles. The Morgan fingerprint density at radius 3 is 2.59 bits per heavy atom. The van der Waals surface area contributed by atoms with Crippen LogP contribution in [0.25, 0.3) is 0 Å². The molecule has 0 amide bonds. The molecule has 158 valence electrons. The molecule has 1 N–H and O–H groups in total. The predicted octanol–water partition coefficient (Wildman–Crippen LogP) is 1.91. The van der Waals surface area contributed by atoms with Gasteiger partial charge in [-0.15, -0.1) is 0 Å². The van der Waals surface area contributed by atoms with E-state index < -0.39 is 42.5 Å². The minimum Gasteiger partial charge on any atom is -0.496 e. The molecular weight excluding hydrogens is 417 g/mol. The number of aryl methyl sites for hydroxylation is 1. The summed E-state index contributed by atoms with van der Waals surface area (Å²) < 4.78 is 69.4. The van der Waals surface area contributed by atoms with E-state index in [0.29, 0.717) is 13.0 Å². The summed E-state index contributed by atoms with van der Waals surface area (Å²) in [6, 6.07) is 10.2. The Labute approximate surface area is 170 Å². The number of methoxy groups -OCH3 is 1. The van der Waals surface area contributed by atoms with Crippen LogP contribution in [0.3, 0.4) is 0 Å². The Morgan fingerprint density at radius 2 is 1.90 bits per heavy atom. The Balaban J connectivity index is 1.80. The third-order valence-electron chi connectivity index (χ3n) is 5.14. The molecule has 2 atom stereocenters. The standard InChI is InChI=1S/C20H24FNO5S2/c1-14-11-16(21)7-8-19(14)29(25,26)20-13-28(23,24)12-17(20)22-10-9-15-5-3-4-6-18(15)27-2/h3-8,11,17,20,22H,9-10,12-13H2,1-2H3/t17-,20-/m0/s1. The zero-order chi connectivity index (χ0) is 21.2. The van der Waals surface area contributed by atoms with Crippen molar-refractivity contribution in [2.45, 2.75) is 29.5 Å². The summed E-state index contributed by atoms with van der Waals surface area (Å²) in [5.41, 5.74) is 1.21. The van der Waals surface area contributed by atoms with Crippen molar-refractivity contribution in [3.8, 4) is 5.75 Å². The predicted molar refractivity (Wildman–Crippen MR) is 109 cm³/mol. The minimum atomic E-state index is -3.95. The van der Waals surface area contributed by atoms with E-state index in [1.165, 1.54) is 13.0 Å². The molecule has 3 rings (SSSR count). The molecule has 1 heterocycles. The lowest BCUT2D eigenvalue weighted by Crippen LogP contribution is -2.44. The quantitative estimate of drug-likeness (QED) is 0.661. The zero-order valence-electron chi connectivity index (χ0n) is 16.3. The lowest BCUT2D eigenvalue weighted by Gasteiger charge is -2.21. The van der Waals surface area contributed by atoms with E-state index in [0.717, 1.165) is 23.4 Å². The van der Waals surface area contributed by atoms with E-state index in [1.807, 2.05) is 24.3 Å². The smallest absolute Gasteiger partial charge is 0.184 e. The van der Waals surface area contributed by atoms with Gasteiger partial charge < -0.3 is 10.1 Å². The van der Waals surface area contributed by atoms with Crippen LogP contribution < -0.4 is 10.1 Å². The fourth-order valence-corrected chi connectivity index (χ4v) is 8.65. The summed E-state index contributed by atoms with van der Waals surface area (Å²) in [5.74, 6) is -0.506. The van der Waals surface area contributed by atoms with Gasteiger partial charge in [-0.25, -0.2) is 21.2 Å². The maximum atomic E-state index is 13.4. The summed E-state index contributed by atoms with van der Waals surface area (Å²) in [4.78, 5) is -0.0301. The number of benzene rings is 2. The van der Waals surface area contributed by atoms with Gasteiger partial charge in [-0.2, -0.15) is 0 Å². The summed E-state index contributed by atoms with van der Waals surface area (Å²) in [6.07, 6.45) is 0.558. The van der Waals surface area contributed by atoms with E-state index in [4.69, 9.17) is 4.74 Å². The van der Waals surface area contributed by atoms with E-state index in [-0.39, 0.29) is 16.2 Å². The number of ether oxygens (including phenoxy) is 1. The van der Waals surface area contributed by atoms with Crippen LogP contribution in [-0.4, -0.2) is 53.3 Å². The van der Waals surface area contributed by atoms with Gasteiger partial charge in [0.2, 0.25) is 0 Å². The van der Waals surface area contributed by atoms with Gasteiger partial charge in [0.15, 0.2) is 19.7 Å². The Hall–Kier alpha value is -1.97. The first-order valence-corrected chi connectivity index (χ1v) is 12.6. The van der Waals surface area contributed by atoms with Gasteiger partial charge >= 0.3 is 0 Å². The van der Waals surface area contributed by atoms with Crippen molar-refractivity contribution in [3.05, 3.63) is 59.4 Å². The van der Waals surface area contributed by atoms with Gasteiger partial charge in [-0.05, 0) is 55.3 Å². The molecule has 6 nitrogen and oxygen atoms in total. The van der Waals surface area contributed by atoms with Crippen LogP contribution >= 0.6 is 0 Å². The van der Waals surface area contributed by atoms with Crippen LogP contribution in [0.4, 0.5) is 4.39 Å². The second kappa shape index (κ2) is 8.41. The number of hydrogen-bond acceptors (Lipinski definition) is 6. The Kier molecular flexibility index (Phi) is 6.30. The topological polar surface area (TPSA) is 89.5 Å². The zero-order valence-corrected chi connectivity index (χ0v) is 17.9. The molecule has 0 bridgehead atoms. The molecule has 1 saturated heterocycles. The average molecular weight is 442 g/mol. The fourth-order valence-electron chi connectivity index (χ4n) is 3.71. The normalized spacial score (nSPS) is 21.2. The Morgan fingerprint density at radius 1 is 1.17 bits per heavy atom. The third kappa shape index (κ3) is 4.79. The van der Waals surface area contributed by atoms with E-state index in [2.05, 4.69) is 5.32 Å². The molecule has 0 spiro atoms. The molecule has 0 unspecified atom stereocenters. The van der Waals surface area contributed by atoms with E-state index in [1.54, 1.807) is 7.11 Å². The summed E-state index contributed by atoms with van der Waals surface area (Å²) in [7, 11) is -5.88. The van der Waals surface area contributed by atoms with Gasteiger partial charge in [-0.1, -0.05) is 18.2 Å². The highest BCUT2D eigenvalue weighted by molar-refractivity contribution is 7.96. The van der Waals surface area contributed by atoms with Crippen molar-refractivity contribution in [2.24, 2.45) is 0 Å². The first-order chi connectivity index (χ1) is 13.6. The molecule has 0 aromatic heterocycles. The van der Waals surface area contributed by atoms with Crippen LogP contribution in [0, 0.1) is 12.7 Å². The monoisotopic (exact) mass is 441 g/mol. The van der Waals surface area contributed by atoms with E-state index >= 15 is 0 Å². The summed E-state index contributed by atoms with van der Waals surface area (Å²) >= 11 is 0. The highest BCUT2D eigenvalue weighted by Gasteiger charge is 2.45. The second-order valence-electron chi connectivity index (χ2n) is 7.19. The average Bonchev–Trinajstić information content (AvgIpc) is 2.97. The highest BCUT2D eigenvalue weighted by atomic mass is 32.2. The number of sulfone groups is 2. The Bertz CT molecular complexity index is 1100. The third-order valence-corrected chi connectivity index (χ3v) is 9.44. The van der Waals surface area contributed by atoms with Gasteiger partial charge in [-0.3, -0.25) is 0 Å². The van der Waals surface area contributed by atoms with Crippen LogP contribution in [0.15, 0.2) is 47.4 Å². The van der Waals surface area contributed by atoms with Crippen molar-refractivity contribution in [1.82, 2.24) is 5.32 Å². The van der Waals surface area contributed by atoms with Gasteiger partial charge in [0.25, 0.3) is 0 Å². The SMILES string of the molecule is COc1ccccc1CCN[C@H]1CS(=O)(=O)C[C@@H]1S(=O)(=O)c1ccc(F)cc1C. The van der Waals surface area contributed by atoms with Crippen LogP contribution in [-0.2, 0) is 26.1 Å². The van der Waals surface area contributed by atoms with Crippen LogP contribution in [0.2, 0.25) is 0 Å². The first-order valence-electron chi connectivity index (χ1n) is 9.20. The molecule has 1 aliphatic heterocycles. The maximum absolute atomic E-state index is 13.4. The molecule has 0 aliphatic carbocycles. The van der Waals surface area contributed by atoms with Crippen molar-refractivity contribution in [2.75, 3.05) is 25.2 Å². The van der Waals surface area contributed by atoms with Crippen molar-refractivity contribution in [3.63, 3.8) is 0 Å². The largest absolute Gasteiger partial charge is 0.496 e. The number of para-hydroxylation sites is 1. The van der Waals surface area contributed by atoms with Crippen LogP contribution in [0.1, 0.15) is 11.1 Å². The maximum Gasteiger partial charge on any atom is 0.184 e. The van der Waals surface area contributed by atoms with Gasteiger partial charge in [0.05, 0.1) is 28.8 Å². The molecule has 1 aliphatic rings. The lowest BCUT2D eigenvalue weighted by molar-refractivity contribution is 0.408. The fraction of sp³-hybridized carbons (Fsp3) is 0.400. The number of nitrogens with one attached hydrogen (secondary N) is 1. The highest BCUT2D eigenvalue weighted by Crippen LogP contribution is 2.28. The molecular formula is C20H24FNO5S2. The molecule has 0 saturated carbocycles. The number of hydrogen-bond donors (Lipinski definition) is 1. The lowest BCUT2D eigenvalue weighted by atomic mass is 10.1. The van der Waals surface area contributed by atoms with Crippen molar-refractivity contribution >= 4 is 19.7 Å². The first kappa shape index (κ1) is 21.7. The molecule has 9 heteroatoms. The second-order valence-corrected chi connectivity index (χ2v) is 11.5. The van der Waals surface area contributed by atoms with E-state index in [9.17, 15) is 21.2 Å². The number of rotatable bonds is 7. The van der Waals surface area contributed by atoms with Gasteiger partial charge in [0.1, 0.15) is 11.6 Å².